The molecule has 1 atom stereocenters. The standard InChI is InChI=1S/C31H36N2O5S/c1-6-21-10-8-9-20(3)29(21)32-31(39)33-16-15-23-17-27(35-4)28(36-5)18-25(23)26(33)19-38-24-13-11-22(12-14-24)30(34)37-7-2/h8-14,17-18,26H,6-7,15-16,19H2,1-5H3,(H,32,39)/t26-/m0/s1. The summed E-state index contributed by atoms with van der Waals surface area (Å²) in [6.07, 6.45) is 1.71. The second kappa shape index (κ2) is 12.8. The summed E-state index contributed by atoms with van der Waals surface area (Å²) in [5.74, 6) is 1.67. The molecule has 0 unspecified atom stereocenters. The SMILES string of the molecule is CCOC(=O)c1ccc(OC[C@H]2c3cc(OC)c(OC)cc3CCN2C(=S)Nc2c(C)cccc2CC)cc1. The highest BCUT2D eigenvalue weighted by Gasteiger charge is 2.32. The topological polar surface area (TPSA) is 69.3 Å². The van der Waals surface area contributed by atoms with E-state index in [-0.39, 0.29) is 12.0 Å². The molecular weight excluding hydrogens is 512 g/mol. The zero-order valence-corrected chi connectivity index (χ0v) is 24.0. The number of thiocarbonyl (C=S) groups is 1. The molecule has 0 aliphatic carbocycles. The van der Waals surface area contributed by atoms with E-state index in [2.05, 4.69) is 42.3 Å². The van der Waals surface area contributed by atoms with Gasteiger partial charge in [0.2, 0.25) is 0 Å². The zero-order valence-electron chi connectivity index (χ0n) is 23.2. The van der Waals surface area contributed by atoms with Gasteiger partial charge in [-0.05, 0) is 97.6 Å². The van der Waals surface area contributed by atoms with E-state index in [9.17, 15) is 4.79 Å². The first-order valence-corrected chi connectivity index (χ1v) is 13.6. The Labute approximate surface area is 236 Å². The Balaban J connectivity index is 1.63. The Kier molecular flexibility index (Phi) is 9.30. The van der Waals surface area contributed by atoms with E-state index in [0.717, 1.165) is 36.2 Å². The number of methoxy groups -OCH3 is 2. The van der Waals surface area contributed by atoms with Gasteiger partial charge in [-0.3, -0.25) is 0 Å². The lowest BCUT2D eigenvalue weighted by Crippen LogP contribution is -2.44. The van der Waals surface area contributed by atoms with Crippen LogP contribution in [0.3, 0.4) is 0 Å². The van der Waals surface area contributed by atoms with Gasteiger partial charge >= 0.3 is 5.97 Å². The van der Waals surface area contributed by atoms with Crippen LogP contribution in [0.4, 0.5) is 5.69 Å². The fourth-order valence-corrected chi connectivity index (χ4v) is 5.23. The monoisotopic (exact) mass is 548 g/mol. The highest BCUT2D eigenvalue weighted by molar-refractivity contribution is 7.80. The second-order valence-corrected chi connectivity index (χ2v) is 9.70. The molecule has 0 aromatic heterocycles. The third-order valence-corrected chi connectivity index (χ3v) is 7.35. The first-order valence-electron chi connectivity index (χ1n) is 13.2. The molecule has 0 radical (unpaired) electrons. The smallest absolute Gasteiger partial charge is 0.338 e. The Bertz CT molecular complexity index is 1330. The largest absolute Gasteiger partial charge is 0.493 e. The van der Waals surface area contributed by atoms with Crippen LogP contribution in [0.5, 0.6) is 17.2 Å². The fourth-order valence-electron chi connectivity index (χ4n) is 4.91. The van der Waals surface area contributed by atoms with E-state index in [1.165, 1.54) is 11.1 Å². The molecule has 0 spiro atoms. The molecule has 4 rings (SSSR count). The highest BCUT2D eigenvalue weighted by Crippen LogP contribution is 2.39. The molecule has 3 aromatic carbocycles. The average Bonchev–Trinajstić information content (AvgIpc) is 2.96. The van der Waals surface area contributed by atoms with Crippen molar-refractivity contribution < 1.29 is 23.7 Å². The van der Waals surface area contributed by atoms with Crippen LogP contribution >= 0.6 is 12.2 Å². The van der Waals surface area contributed by atoms with Crippen LogP contribution in [0.2, 0.25) is 0 Å². The van der Waals surface area contributed by atoms with Crippen LogP contribution in [-0.2, 0) is 17.6 Å². The van der Waals surface area contributed by atoms with Crippen LogP contribution in [0.15, 0.2) is 54.6 Å². The molecule has 0 amide bonds. The molecule has 206 valence electrons. The van der Waals surface area contributed by atoms with E-state index in [1.807, 2.05) is 12.1 Å². The van der Waals surface area contributed by atoms with Crippen LogP contribution in [0.1, 0.15) is 52.5 Å². The van der Waals surface area contributed by atoms with Gasteiger partial charge in [0.1, 0.15) is 12.4 Å². The summed E-state index contributed by atoms with van der Waals surface area (Å²) in [5.41, 5.74) is 6.15. The van der Waals surface area contributed by atoms with Gasteiger partial charge in [-0.25, -0.2) is 4.79 Å². The summed E-state index contributed by atoms with van der Waals surface area (Å²) < 4.78 is 22.6. The summed E-state index contributed by atoms with van der Waals surface area (Å²) in [5, 5.41) is 4.18. The molecule has 0 saturated heterocycles. The summed E-state index contributed by atoms with van der Waals surface area (Å²) in [6, 6.07) is 17.2. The first-order chi connectivity index (χ1) is 18.9. The van der Waals surface area contributed by atoms with Crippen LogP contribution in [0.25, 0.3) is 0 Å². The van der Waals surface area contributed by atoms with Crippen molar-refractivity contribution >= 4 is 29.0 Å². The van der Waals surface area contributed by atoms with Gasteiger partial charge in [-0.15, -0.1) is 0 Å². The number of carbonyl (C=O) groups excluding carboxylic acids is 1. The van der Waals surface area contributed by atoms with E-state index >= 15 is 0 Å². The third-order valence-electron chi connectivity index (χ3n) is 7.01. The van der Waals surface area contributed by atoms with Crippen molar-refractivity contribution in [2.75, 3.05) is 39.3 Å². The van der Waals surface area contributed by atoms with Crippen molar-refractivity contribution in [2.45, 2.75) is 39.7 Å². The Morgan fingerprint density at radius 3 is 2.44 bits per heavy atom. The summed E-state index contributed by atoms with van der Waals surface area (Å²) >= 11 is 5.99. The number of nitrogens with zero attached hydrogens (tertiary/aromatic N) is 1. The average molecular weight is 549 g/mol. The predicted molar refractivity (Wildman–Crippen MR) is 157 cm³/mol. The lowest BCUT2D eigenvalue weighted by Gasteiger charge is -2.39. The van der Waals surface area contributed by atoms with Crippen LogP contribution < -0.4 is 19.5 Å². The Hall–Kier alpha value is -3.78. The number of hydrogen-bond acceptors (Lipinski definition) is 6. The number of fused-ring (bicyclic) bond motifs is 1. The van der Waals surface area contributed by atoms with Gasteiger partial charge in [0, 0.05) is 12.2 Å². The van der Waals surface area contributed by atoms with Gasteiger partial charge in [-0.1, -0.05) is 25.1 Å². The lowest BCUT2D eigenvalue weighted by molar-refractivity contribution is 0.0526. The molecule has 7 nitrogen and oxygen atoms in total. The molecule has 39 heavy (non-hydrogen) atoms. The van der Waals surface area contributed by atoms with Gasteiger partial charge < -0.3 is 29.2 Å². The summed E-state index contributed by atoms with van der Waals surface area (Å²) in [6.45, 7) is 7.42. The number of esters is 1. The molecular formula is C31H36N2O5S. The molecule has 1 aliphatic heterocycles. The predicted octanol–water partition coefficient (Wildman–Crippen LogP) is 6.13. The maximum absolute atomic E-state index is 12.0. The van der Waals surface area contributed by atoms with Gasteiger partial charge in [0.15, 0.2) is 16.6 Å². The number of carbonyl (C=O) groups is 1. The van der Waals surface area contributed by atoms with E-state index < -0.39 is 0 Å². The summed E-state index contributed by atoms with van der Waals surface area (Å²) in [7, 11) is 3.28. The van der Waals surface area contributed by atoms with Gasteiger partial charge in [0.25, 0.3) is 0 Å². The highest BCUT2D eigenvalue weighted by atomic mass is 32.1. The quantitative estimate of drug-likeness (QED) is 0.253. The molecule has 0 fully saturated rings. The van der Waals surface area contributed by atoms with Gasteiger partial charge in [0.05, 0.1) is 32.4 Å². The first kappa shape index (κ1) is 28.2. The molecule has 0 saturated carbocycles. The van der Waals surface area contributed by atoms with E-state index in [1.54, 1.807) is 45.4 Å². The van der Waals surface area contributed by atoms with Crippen LogP contribution in [0, 0.1) is 6.92 Å². The minimum atomic E-state index is -0.350. The number of benzene rings is 3. The van der Waals surface area contributed by atoms with E-state index in [4.69, 9.17) is 31.2 Å². The minimum absolute atomic E-state index is 0.174. The number of para-hydroxylation sites is 1. The Morgan fingerprint density at radius 2 is 1.77 bits per heavy atom. The maximum Gasteiger partial charge on any atom is 0.338 e. The zero-order chi connectivity index (χ0) is 27.9. The number of rotatable bonds is 9. The fraction of sp³-hybridized carbons (Fsp3) is 0.355. The van der Waals surface area contributed by atoms with Crippen molar-refractivity contribution in [1.82, 2.24) is 4.90 Å². The normalized spacial score (nSPS) is 14.3. The van der Waals surface area contributed by atoms with Crippen molar-refractivity contribution in [3.8, 4) is 17.2 Å². The molecule has 1 N–H and O–H groups in total. The molecule has 1 heterocycles. The number of anilines is 1. The third kappa shape index (κ3) is 6.28. The molecule has 8 heteroatoms. The number of nitrogens with one attached hydrogen (secondary N) is 1. The van der Waals surface area contributed by atoms with Crippen molar-refractivity contribution in [3.05, 3.63) is 82.4 Å². The number of aryl methyl sites for hydroxylation is 2. The number of ether oxygens (including phenoxy) is 4. The molecule has 0 bridgehead atoms. The number of hydrogen-bond donors (Lipinski definition) is 1. The van der Waals surface area contributed by atoms with Gasteiger partial charge in [-0.2, -0.15) is 0 Å². The van der Waals surface area contributed by atoms with Crippen molar-refractivity contribution in [3.63, 3.8) is 0 Å². The van der Waals surface area contributed by atoms with E-state index in [0.29, 0.717) is 41.1 Å². The minimum Gasteiger partial charge on any atom is -0.493 e. The van der Waals surface area contributed by atoms with Crippen molar-refractivity contribution in [1.29, 1.82) is 0 Å². The molecule has 3 aromatic rings. The maximum atomic E-state index is 12.0. The lowest BCUT2D eigenvalue weighted by atomic mass is 9.92. The molecule has 1 aliphatic rings. The van der Waals surface area contributed by atoms with Crippen LogP contribution in [-0.4, -0.2) is 50.0 Å². The van der Waals surface area contributed by atoms with Crippen molar-refractivity contribution in [2.24, 2.45) is 0 Å². The Morgan fingerprint density at radius 1 is 1.05 bits per heavy atom. The summed E-state index contributed by atoms with van der Waals surface area (Å²) in [4.78, 5) is 14.2. The second-order valence-electron chi connectivity index (χ2n) is 9.31.